The van der Waals surface area contributed by atoms with Crippen LogP contribution in [0.5, 0.6) is 0 Å². The second-order valence-electron chi connectivity index (χ2n) is 1.67. The zero-order valence-corrected chi connectivity index (χ0v) is 6.33. The summed E-state index contributed by atoms with van der Waals surface area (Å²) in [5.74, 6) is -0.828. The topological polar surface area (TPSA) is 105 Å². The number of nitriles is 1. The number of hydrogen-bond acceptors (Lipinski definition) is 4. The second kappa shape index (κ2) is 4.73. The maximum atomic E-state index is 10.7. The van der Waals surface area contributed by atoms with Gasteiger partial charge in [-0.2, -0.15) is 5.26 Å². The van der Waals surface area contributed by atoms with Crippen molar-refractivity contribution in [1.29, 1.82) is 5.26 Å². The van der Waals surface area contributed by atoms with Crippen LogP contribution in [0.2, 0.25) is 0 Å². The van der Waals surface area contributed by atoms with Gasteiger partial charge in [-0.3, -0.25) is 0 Å². The lowest BCUT2D eigenvalue weighted by atomic mass is 10.3. The Hall–Kier alpha value is -2.03. The van der Waals surface area contributed by atoms with Crippen molar-refractivity contribution in [3.8, 4) is 6.07 Å². The predicted octanol–water partition coefficient (Wildman–Crippen LogP) is -0.765. The summed E-state index contributed by atoms with van der Waals surface area (Å²) in [5.41, 5.74) is 4.36. The molecule has 3 N–H and O–H groups in total. The second-order valence-corrected chi connectivity index (χ2v) is 1.67. The average molecular weight is 169 g/mol. The number of nitrogens with one attached hydrogen (secondary N) is 1. The van der Waals surface area contributed by atoms with Gasteiger partial charge in [0, 0.05) is 6.20 Å². The van der Waals surface area contributed by atoms with Crippen LogP contribution in [0.3, 0.4) is 0 Å². The van der Waals surface area contributed by atoms with Gasteiger partial charge in [0.15, 0.2) is 5.57 Å². The number of ether oxygens (including phenoxy) is 1. The first-order chi connectivity index (χ1) is 5.61. The SMILES string of the molecule is COC(=O)C(C#N)=CNC(N)=O. The number of carbonyl (C=O) groups excluding carboxylic acids is 2. The van der Waals surface area contributed by atoms with Gasteiger partial charge in [0.1, 0.15) is 6.07 Å². The third-order valence-corrected chi connectivity index (χ3v) is 0.885. The maximum Gasteiger partial charge on any atom is 0.350 e. The van der Waals surface area contributed by atoms with Crippen LogP contribution in [0.1, 0.15) is 0 Å². The first-order valence-corrected chi connectivity index (χ1v) is 2.86. The van der Waals surface area contributed by atoms with E-state index in [0.29, 0.717) is 0 Å². The molecule has 0 fully saturated rings. The van der Waals surface area contributed by atoms with E-state index in [4.69, 9.17) is 5.26 Å². The Morgan fingerprint density at radius 1 is 1.67 bits per heavy atom. The van der Waals surface area contributed by atoms with Crippen LogP contribution in [0.15, 0.2) is 11.8 Å². The van der Waals surface area contributed by atoms with Gasteiger partial charge in [-0.15, -0.1) is 0 Å². The third kappa shape index (κ3) is 3.22. The van der Waals surface area contributed by atoms with Crippen LogP contribution in [-0.2, 0) is 9.53 Å². The van der Waals surface area contributed by atoms with Crippen molar-refractivity contribution in [1.82, 2.24) is 5.32 Å². The molecule has 0 heterocycles. The molecule has 0 atom stereocenters. The zero-order valence-electron chi connectivity index (χ0n) is 6.33. The molecule has 0 unspecified atom stereocenters. The molecule has 0 spiro atoms. The lowest BCUT2D eigenvalue weighted by molar-refractivity contribution is -0.135. The number of hydrogen-bond donors (Lipinski definition) is 2. The number of primary amides is 1. The molecule has 0 saturated carbocycles. The minimum atomic E-state index is -0.855. The Labute approximate surface area is 68.6 Å². The van der Waals surface area contributed by atoms with Crippen molar-refractivity contribution in [3.63, 3.8) is 0 Å². The van der Waals surface area contributed by atoms with Crippen LogP contribution in [0, 0.1) is 11.3 Å². The Morgan fingerprint density at radius 2 is 2.25 bits per heavy atom. The lowest BCUT2D eigenvalue weighted by Gasteiger charge is -1.95. The van der Waals surface area contributed by atoms with E-state index in [-0.39, 0.29) is 5.57 Å². The molecule has 0 aliphatic carbocycles. The molecule has 64 valence electrons. The molecule has 0 aromatic carbocycles. The Morgan fingerprint density at radius 3 is 2.58 bits per heavy atom. The van der Waals surface area contributed by atoms with E-state index in [2.05, 4.69) is 10.5 Å². The highest BCUT2D eigenvalue weighted by Gasteiger charge is 2.07. The fourth-order valence-electron chi connectivity index (χ4n) is 0.390. The van der Waals surface area contributed by atoms with Crippen molar-refractivity contribution in [3.05, 3.63) is 11.8 Å². The van der Waals surface area contributed by atoms with E-state index >= 15 is 0 Å². The Kier molecular flexibility index (Phi) is 3.93. The van der Waals surface area contributed by atoms with Crippen LogP contribution in [0.4, 0.5) is 4.79 Å². The third-order valence-electron chi connectivity index (χ3n) is 0.885. The summed E-state index contributed by atoms with van der Waals surface area (Å²) >= 11 is 0. The van der Waals surface area contributed by atoms with Gasteiger partial charge in [-0.05, 0) is 0 Å². The summed E-state index contributed by atoms with van der Waals surface area (Å²) < 4.78 is 4.21. The number of amides is 2. The normalized spacial score (nSPS) is 9.83. The summed E-state index contributed by atoms with van der Waals surface area (Å²) in [4.78, 5) is 20.8. The van der Waals surface area contributed by atoms with Crippen LogP contribution in [-0.4, -0.2) is 19.1 Å². The molecular weight excluding hydrogens is 162 g/mol. The number of urea groups is 1. The Balaban J connectivity index is 4.36. The number of rotatable bonds is 2. The number of nitrogens with zero attached hydrogens (tertiary/aromatic N) is 1. The number of methoxy groups -OCH3 is 1. The van der Waals surface area contributed by atoms with Gasteiger partial charge >= 0.3 is 12.0 Å². The van der Waals surface area contributed by atoms with Crippen molar-refractivity contribution in [2.45, 2.75) is 0 Å². The van der Waals surface area contributed by atoms with E-state index in [1.165, 1.54) is 6.07 Å². The summed E-state index contributed by atoms with van der Waals surface area (Å²) in [7, 11) is 1.12. The van der Waals surface area contributed by atoms with Crippen LogP contribution < -0.4 is 11.1 Å². The van der Waals surface area contributed by atoms with E-state index in [9.17, 15) is 9.59 Å². The largest absolute Gasteiger partial charge is 0.465 e. The van der Waals surface area contributed by atoms with E-state index in [1.54, 1.807) is 0 Å². The maximum absolute atomic E-state index is 10.7. The van der Waals surface area contributed by atoms with Crippen LogP contribution >= 0.6 is 0 Å². The summed E-state index contributed by atoms with van der Waals surface area (Å²) in [6.07, 6.45) is 0.883. The molecule has 12 heavy (non-hydrogen) atoms. The number of esters is 1. The van der Waals surface area contributed by atoms with Crippen molar-refractivity contribution in [2.24, 2.45) is 5.73 Å². The number of nitrogens with two attached hydrogens (primary N) is 1. The summed E-state index contributed by atoms with van der Waals surface area (Å²) in [6, 6.07) is 0.669. The summed E-state index contributed by atoms with van der Waals surface area (Å²) in [5, 5.41) is 10.3. The predicted molar refractivity (Wildman–Crippen MR) is 38.4 cm³/mol. The molecule has 6 heteroatoms. The first-order valence-electron chi connectivity index (χ1n) is 2.86. The first kappa shape index (κ1) is 9.97. The zero-order chi connectivity index (χ0) is 9.56. The van der Waals surface area contributed by atoms with E-state index in [0.717, 1.165) is 13.3 Å². The van der Waals surface area contributed by atoms with E-state index < -0.39 is 12.0 Å². The molecule has 0 aromatic rings. The van der Waals surface area contributed by atoms with Gasteiger partial charge in [0.2, 0.25) is 0 Å². The average Bonchev–Trinajstić information content (AvgIpc) is 2.04. The molecular formula is C6H7N3O3. The van der Waals surface area contributed by atoms with Gasteiger partial charge < -0.3 is 15.8 Å². The van der Waals surface area contributed by atoms with E-state index in [1.807, 2.05) is 5.32 Å². The molecule has 0 rings (SSSR count). The highest BCUT2D eigenvalue weighted by atomic mass is 16.5. The molecule has 0 radical (unpaired) electrons. The fourth-order valence-corrected chi connectivity index (χ4v) is 0.390. The molecule has 0 aromatic heterocycles. The smallest absolute Gasteiger partial charge is 0.350 e. The van der Waals surface area contributed by atoms with Crippen molar-refractivity contribution in [2.75, 3.05) is 7.11 Å². The monoisotopic (exact) mass is 169 g/mol. The quantitative estimate of drug-likeness (QED) is 0.322. The van der Waals surface area contributed by atoms with Crippen LogP contribution in [0.25, 0.3) is 0 Å². The molecule has 0 bridgehead atoms. The molecule has 0 aliphatic rings. The van der Waals surface area contributed by atoms with Gasteiger partial charge in [-0.25, -0.2) is 9.59 Å². The highest BCUT2D eigenvalue weighted by Crippen LogP contribution is 1.92. The summed E-state index contributed by atoms with van der Waals surface area (Å²) in [6.45, 7) is 0. The minimum absolute atomic E-state index is 0.323. The molecule has 0 aliphatic heterocycles. The fraction of sp³-hybridized carbons (Fsp3) is 0.167. The highest BCUT2D eigenvalue weighted by molar-refractivity contribution is 5.93. The molecule has 0 saturated heterocycles. The standard InChI is InChI=1S/C6H7N3O3/c1-12-5(10)4(2-7)3-9-6(8)11/h3H,1H3,(H3,8,9,11). The minimum Gasteiger partial charge on any atom is -0.465 e. The van der Waals surface area contributed by atoms with Gasteiger partial charge in [0.25, 0.3) is 0 Å². The molecule has 2 amide bonds. The Bertz CT molecular complexity index is 264. The van der Waals surface area contributed by atoms with Gasteiger partial charge in [0.05, 0.1) is 7.11 Å². The number of carbonyl (C=O) groups is 2. The van der Waals surface area contributed by atoms with Gasteiger partial charge in [-0.1, -0.05) is 0 Å². The van der Waals surface area contributed by atoms with Crippen molar-refractivity contribution < 1.29 is 14.3 Å². The molecule has 6 nitrogen and oxygen atoms in total. The van der Waals surface area contributed by atoms with Crippen molar-refractivity contribution >= 4 is 12.0 Å². The lowest BCUT2D eigenvalue weighted by Crippen LogP contribution is -2.25.